The normalized spacial score (nSPS) is 11.6. The smallest absolute Gasteiger partial charge is 0.343 e. The van der Waals surface area contributed by atoms with Crippen molar-refractivity contribution in [1.29, 1.82) is 5.26 Å². The van der Waals surface area contributed by atoms with Crippen molar-refractivity contribution in [3.63, 3.8) is 0 Å². The van der Waals surface area contributed by atoms with Gasteiger partial charge in [-0.05, 0) is 38.0 Å². The van der Waals surface area contributed by atoms with Crippen LogP contribution in [0, 0.1) is 18.3 Å². The average Bonchev–Trinajstić information content (AvgIpc) is 3.34. The Hall–Kier alpha value is -3.59. The summed E-state index contributed by atoms with van der Waals surface area (Å²) in [7, 11) is 0. The third kappa shape index (κ3) is 3.60. The number of aromatic nitrogens is 1. The predicted molar refractivity (Wildman–Crippen MR) is 103 cm³/mol. The van der Waals surface area contributed by atoms with Crippen molar-refractivity contribution in [2.45, 2.75) is 33.3 Å². The number of esters is 1. The van der Waals surface area contributed by atoms with E-state index in [0.29, 0.717) is 5.56 Å². The molecule has 1 atom stereocenters. The fourth-order valence-corrected chi connectivity index (χ4v) is 2.94. The summed E-state index contributed by atoms with van der Waals surface area (Å²) in [5.74, 6) is -0.563. The number of rotatable bonds is 6. The number of nitrogens with zero attached hydrogens (tertiary/aromatic N) is 2. The van der Waals surface area contributed by atoms with E-state index in [0.717, 1.165) is 12.0 Å². The summed E-state index contributed by atoms with van der Waals surface area (Å²) in [6, 6.07) is 12.8. The Kier molecular flexibility index (Phi) is 5.46. The van der Waals surface area contributed by atoms with Gasteiger partial charge >= 0.3 is 5.97 Å². The van der Waals surface area contributed by atoms with Crippen LogP contribution in [0.15, 0.2) is 53.2 Å². The fraction of sp³-hybridized carbons (Fsp3) is 0.227. The first-order valence-electron chi connectivity index (χ1n) is 8.97. The molecule has 2 aromatic heterocycles. The zero-order valence-corrected chi connectivity index (χ0v) is 15.9. The van der Waals surface area contributed by atoms with Crippen LogP contribution in [0.4, 0.5) is 0 Å². The highest BCUT2D eigenvalue weighted by molar-refractivity contribution is 6.02. The summed E-state index contributed by atoms with van der Waals surface area (Å²) in [6.07, 6.45) is 3.30. The maximum atomic E-state index is 12.7. The molecule has 0 saturated carbocycles. The number of Topliss-reactive ketones (excluding diaryl/α,β-unsaturated/α-hetero) is 1. The van der Waals surface area contributed by atoms with E-state index in [2.05, 4.69) is 0 Å². The van der Waals surface area contributed by atoms with Gasteiger partial charge in [0.2, 0.25) is 11.7 Å². The molecule has 2 heterocycles. The maximum absolute atomic E-state index is 12.7. The lowest BCUT2D eigenvalue weighted by Crippen LogP contribution is -2.25. The molecule has 0 aliphatic heterocycles. The average molecular weight is 376 g/mol. The molecule has 0 spiro atoms. The summed E-state index contributed by atoms with van der Waals surface area (Å²) in [6.45, 7) is 5.13. The third-order valence-electron chi connectivity index (χ3n) is 4.52. The molecule has 0 radical (unpaired) electrons. The van der Waals surface area contributed by atoms with Gasteiger partial charge in [-0.3, -0.25) is 9.36 Å². The zero-order chi connectivity index (χ0) is 20.3. The summed E-state index contributed by atoms with van der Waals surface area (Å²) in [5.41, 5.74) is 1.69. The van der Waals surface area contributed by atoms with Crippen LogP contribution in [0.25, 0.3) is 5.88 Å². The maximum Gasteiger partial charge on any atom is 0.343 e. The minimum Gasteiger partial charge on any atom is -0.451 e. The molecule has 0 N–H and O–H groups in total. The second kappa shape index (κ2) is 7.97. The van der Waals surface area contributed by atoms with Crippen LogP contribution >= 0.6 is 0 Å². The monoisotopic (exact) mass is 376 g/mol. The van der Waals surface area contributed by atoms with Crippen LogP contribution < -0.4 is 0 Å². The molecular weight excluding hydrogens is 356 g/mol. The molecule has 3 aromatic rings. The van der Waals surface area contributed by atoms with Gasteiger partial charge in [-0.2, -0.15) is 5.26 Å². The molecule has 0 bridgehead atoms. The van der Waals surface area contributed by atoms with Crippen LogP contribution in [0.5, 0.6) is 0 Å². The second-order valence-corrected chi connectivity index (χ2v) is 6.38. The Labute approximate surface area is 163 Å². The number of hydrogen-bond acceptors (Lipinski definition) is 5. The first-order chi connectivity index (χ1) is 13.5. The molecule has 0 aliphatic carbocycles. The molecule has 1 aromatic carbocycles. The van der Waals surface area contributed by atoms with Crippen molar-refractivity contribution in [3.8, 4) is 12.0 Å². The fourth-order valence-electron chi connectivity index (χ4n) is 2.94. The summed E-state index contributed by atoms with van der Waals surface area (Å²) in [5, 5.41) is 9.53. The highest BCUT2D eigenvalue weighted by atomic mass is 16.5. The lowest BCUT2D eigenvalue weighted by molar-refractivity contribution is 0.0317. The van der Waals surface area contributed by atoms with Gasteiger partial charge in [0.1, 0.15) is 23.0 Å². The van der Waals surface area contributed by atoms with E-state index >= 15 is 0 Å². The largest absolute Gasteiger partial charge is 0.451 e. The SMILES string of the molecule is CCc1ccc(C(=O)[C@@H](C)OC(=O)c2c(C)oc(-n3cccc3)c2C#N)cc1. The van der Waals surface area contributed by atoms with E-state index in [-0.39, 0.29) is 28.6 Å². The Bertz CT molecular complexity index is 1040. The third-order valence-corrected chi connectivity index (χ3v) is 4.52. The van der Waals surface area contributed by atoms with E-state index in [9.17, 15) is 14.9 Å². The number of aryl methyl sites for hydroxylation is 2. The van der Waals surface area contributed by atoms with Gasteiger partial charge in [0, 0.05) is 18.0 Å². The number of ketones is 1. The molecule has 3 rings (SSSR count). The highest BCUT2D eigenvalue weighted by Gasteiger charge is 2.28. The predicted octanol–water partition coefficient (Wildman–Crippen LogP) is 4.24. The van der Waals surface area contributed by atoms with Crippen LogP contribution in [-0.4, -0.2) is 22.4 Å². The topological polar surface area (TPSA) is 85.2 Å². The van der Waals surface area contributed by atoms with Crippen LogP contribution in [-0.2, 0) is 11.2 Å². The van der Waals surface area contributed by atoms with Gasteiger partial charge in [-0.15, -0.1) is 0 Å². The summed E-state index contributed by atoms with van der Waals surface area (Å²) < 4.78 is 12.6. The first-order valence-corrected chi connectivity index (χ1v) is 8.97. The van der Waals surface area contributed by atoms with Crippen molar-refractivity contribution in [3.05, 3.63) is 76.8 Å². The molecule has 6 nitrogen and oxygen atoms in total. The number of carbonyl (C=O) groups is 2. The molecule has 0 aliphatic rings. The number of nitriles is 1. The van der Waals surface area contributed by atoms with E-state index in [1.165, 1.54) is 6.92 Å². The second-order valence-electron chi connectivity index (χ2n) is 6.38. The van der Waals surface area contributed by atoms with Gasteiger partial charge in [0.15, 0.2) is 6.10 Å². The van der Waals surface area contributed by atoms with Crippen LogP contribution in [0.1, 0.15) is 51.5 Å². The molecule has 0 saturated heterocycles. The lowest BCUT2D eigenvalue weighted by Gasteiger charge is -2.12. The van der Waals surface area contributed by atoms with Gasteiger partial charge in [-0.1, -0.05) is 31.2 Å². The highest BCUT2D eigenvalue weighted by Crippen LogP contribution is 2.26. The Morgan fingerprint density at radius 2 is 1.86 bits per heavy atom. The zero-order valence-electron chi connectivity index (χ0n) is 15.9. The van der Waals surface area contributed by atoms with Crippen LogP contribution in [0.3, 0.4) is 0 Å². The molecule has 0 unspecified atom stereocenters. The Balaban J connectivity index is 1.82. The van der Waals surface area contributed by atoms with Gasteiger partial charge in [-0.25, -0.2) is 4.79 Å². The standard InChI is InChI=1S/C22H20N2O4/c1-4-16-7-9-17(10-8-16)20(25)15(3)28-22(26)19-14(2)27-21(18(19)13-23)24-11-5-6-12-24/h5-12,15H,4H2,1-3H3/t15-/m1/s1. The summed E-state index contributed by atoms with van der Waals surface area (Å²) >= 11 is 0. The van der Waals surface area contributed by atoms with E-state index < -0.39 is 12.1 Å². The Morgan fingerprint density at radius 3 is 2.43 bits per heavy atom. The molecule has 0 amide bonds. The molecule has 0 fully saturated rings. The van der Waals surface area contributed by atoms with E-state index in [1.54, 1.807) is 48.1 Å². The number of benzene rings is 1. The van der Waals surface area contributed by atoms with Gasteiger partial charge in [0.05, 0.1) is 0 Å². The van der Waals surface area contributed by atoms with Crippen molar-refractivity contribution < 1.29 is 18.7 Å². The van der Waals surface area contributed by atoms with Gasteiger partial charge in [0.25, 0.3) is 0 Å². The van der Waals surface area contributed by atoms with E-state index in [1.807, 2.05) is 25.1 Å². The first kappa shape index (κ1) is 19.2. The van der Waals surface area contributed by atoms with Crippen molar-refractivity contribution in [2.75, 3.05) is 0 Å². The minimum atomic E-state index is -0.990. The van der Waals surface area contributed by atoms with Crippen molar-refractivity contribution in [1.82, 2.24) is 4.57 Å². The number of hydrogen-bond donors (Lipinski definition) is 0. The minimum absolute atomic E-state index is 0.0344. The van der Waals surface area contributed by atoms with Gasteiger partial charge < -0.3 is 9.15 Å². The van der Waals surface area contributed by atoms with Crippen LogP contribution in [0.2, 0.25) is 0 Å². The lowest BCUT2D eigenvalue weighted by atomic mass is 10.0. The number of carbonyl (C=O) groups excluding carboxylic acids is 2. The quantitative estimate of drug-likeness (QED) is 0.474. The Morgan fingerprint density at radius 1 is 1.21 bits per heavy atom. The van der Waals surface area contributed by atoms with Crippen molar-refractivity contribution in [2.24, 2.45) is 0 Å². The molecule has 6 heteroatoms. The molecule has 28 heavy (non-hydrogen) atoms. The van der Waals surface area contributed by atoms with Crippen molar-refractivity contribution >= 4 is 11.8 Å². The molecular formula is C22H20N2O4. The summed E-state index contributed by atoms with van der Waals surface area (Å²) in [4.78, 5) is 25.3. The molecule has 142 valence electrons. The number of furan rings is 1. The van der Waals surface area contributed by atoms with E-state index in [4.69, 9.17) is 9.15 Å². The number of ether oxygens (including phenoxy) is 1.